The number of nitrogens with one attached hydrogen (secondary N) is 1. The van der Waals surface area contributed by atoms with Gasteiger partial charge in [0, 0.05) is 18.2 Å². The Hall–Kier alpha value is -3.36. The van der Waals surface area contributed by atoms with Gasteiger partial charge in [0.25, 0.3) is 5.71 Å². The van der Waals surface area contributed by atoms with E-state index in [4.69, 9.17) is 18.7 Å². The molecule has 9 heteroatoms. The Morgan fingerprint density at radius 2 is 2.00 bits per heavy atom. The topological polar surface area (TPSA) is 109 Å². The number of methoxy groups -OCH3 is 2. The Morgan fingerprint density at radius 3 is 2.68 bits per heavy atom. The molecular weight excluding hydrogens is 364 g/mol. The van der Waals surface area contributed by atoms with Gasteiger partial charge >= 0.3 is 5.97 Å². The fourth-order valence-corrected chi connectivity index (χ4v) is 2.74. The largest absolute Gasteiger partial charge is 0.497 e. The number of hydrogen-bond donors (Lipinski definition) is 1. The number of ether oxygens (including phenoxy) is 3. The summed E-state index contributed by atoms with van der Waals surface area (Å²) in [6, 6.07) is 5.53. The molecule has 1 aromatic carbocycles. The molecule has 0 saturated carbocycles. The highest BCUT2D eigenvalue weighted by molar-refractivity contribution is 5.93. The zero-order chi connectivity index (χ0) is 20.1. The van der Waals surface area contributed by atoms with Crippen LogP contribution in [-0.2, 0) is 17.7 Å². The molecule has 0 aliphatic rings. The molecule has 9 nitrogen and oxygen atoms in total. The van der Waals surface area contributed by atoms with Gasteiger partial charge < -0.3 is 24.1 Å². The first kappa shape index (κ1) is 19.4. The van der Waals surface area contributed by atoms with E-state index in [1.807, 2.05) is 19.1 Å². The summed E-state index contributed by atoms with van der Waals surface area (Å²) in [5.41, 5.74) is 1.83. The van der Waals surface area contributed by atoms with Crippen LogP contribution in [0.3, 0.4) is 0 Å². The second-order valence-electron chi connectivity index (χ2n) is 5.81. The Kier molecular flexibility index (Phi) is 5.93. The lowest BCUT2D eigenvalue weighted by molar-refractivity contribution is 0.0512. The zero-order valence-corrected chi connectivity index (χ0v) is 16.2. The predicted molar refractivity (Wildman–Crippen MR) is 102 cm³/mol. The number of aromatic nitrogens is 3. The summed E-state index contributed by atoms with van der Waals surface area (Å²) in [5, 5.41) is 7.90. The zero-order valence-electron chi connectivity index (χ0n) is 16.2. The fourth-order valence-electron chi connectivity index (χ4n) is 2.74. The van der Waals surface area contributed by atoms with Crippen LogP contribution in [0.15, 0.2) is 22.7 Å². The van der Waals surface area contributed by atoms with Crippen LogP contribution in [0.1, 0.15) is 35.7 Å². The first-order valence-corrected chi connectivity index (χ1v) is 8.89. The molecule has 0 saturated heterocycles. The maximum Gasteiger partial charge on any atom is 0.376 e. The highest BCUT2D eigenvalue weighted by Gasteiger charge is 2.20. The summed E-state index contributed by atoms with van der Waals surface area (Å²) in [4.78, 5) is 20.6. The Bertz CT molecular complexity index is 986. The van der Waals surface area contributed by atoms with Crippen LogP contribution in [0.5, 0.6) is 11.5 Å². The Morgan fingerprint density at radius 1 is 1.18 bits per heavy atom. The van der Waals surface area contributed by atoms with E-state index in [1.54, 1.807) is 27.2 Å². The molecule has 0 aliphatic carbocycles. The minimum atomic E-state index is -0.621. The van der Waals surface area contributed by atoms with E-state index in [1.165, 1.54) is 0 Å². The summed E-state index contributed by atoms with van der Waals surface area (Å²) in [6.45, 7) is 4.29. The van der Waals surface area contributed by atoms with Gasteiger partial charge in [0.2, 0.25) is 5.82 Å². The second-order valence-corrected chi connectivity index (χ2v) is 5.81. The van der Waals surface area contributed by atoms with Crippen molar-refractivity contribution in [3.8, 4) is 11.5 Å². The van der Waals surface area contributed by atoms with Crippen molar-refractivity contribution in [2.45, 2.75) is 26.8 Å². The fraction of sp³-hybridized carbons (Fsp3) is 0.368. The van der Waals surface area contributed by atoms with Crippen molar-refractivity contribution in [1.82, 2.24) is 15.1 Å². The van der Waals surface area contributed by atoms with Gasteiger partial charge in [0.05, 0.1) is 26.5 Å². The highest BCUT2D eigenvalue weighted by atomic mass is 16.5. The molecule has 0 atom stereocenters. The van der Waals surface area contributed by atoms with E-state index in [0.29, 0.717) is 41.4 Å². The van der Waals surface area contributed by atoms with Crippen LogP contribution < -0.4 is 14.8 Å². The molecule has 1 N–H and O–H groups in total. The SMILES string of the molecule is CCOC(=O)c1nc(NCc2ccc(OC)cc2OC)c2c(CC)noc2n1. The van der Waals surface area contributed by atoms with Crippen LogP contribution in [0.25, 0.3) is 11.1 Å². The lowest BCUT2D eigenvalue weighted by Gasteiger charge is -2.12. The molecule has 3 aromatic rings. The third-order valence-electron chi connectivity index (χ3n) is 4.14. The van der Waals surface area contributed by atoms with Crippen molar-refractivity contribution < 1.29 is 23.5 Å². The number of aryl methyl sites for hydroxylation is 1. The van der Waals surface area contributed by atoms with Crippen LogP contribution in [0, 0.1) is 0 Å². The summed E-state index contributed by atoms with van der Waals surface area (Å²) < 4.78 is 20.9. The standard InChI is InChI=1S/C19H22N4O5/c1-5-13-15-16(20-10-11-7-8-12(25-3)9-14(11)26-4)21-17(19(24)27-6-2)22-18(15)28-23-13/h7-9H,5-6,10H2,1-4H3,(H,20,21,22). The molecule has 0 aliphatic heterocycles. The van der Waals surface area contributed by atoms with E-state index in [-0.39, 0.29) is 18.1 Å². The van der Waals surface area contributed by atoms with Crippen molar-refractivity contribution in [2.24, 2.45) is 0 Å². The lowest BCUT2D eigenvalue weighted by Crippen LogP contribution is -2.12. The maximum atomic E-state index is 12.1. The van der Waals surface area contributed by atoms with Crippen LogP contribution in [0.2, 0.25) is 0 Å². The van der Waals surface area contributed by atoms with Crippen molar-refractivity contribution in [1.29, 1.82) is 0 Å². The molecule has 0 radical (unpaired) electrons. The van der Waals surface area contributed by atoms with E-state index in [0.717, 1.165) is 5.56 Å². The Labute approximate surface area is 162 Å². The van der Waals surface area contributed by atoms with Gasteiger partial charge in [-0.05, 0) is 25.5 Å². The van der Waals surface area contributed by atoms with E-state index < -0.39 is 5.97 Å². The number of esters is 1. The minimum Gasteiger partial charge on any atom is -0.497 e. The Balaban J connectivity index is 1.97. The lowest BCUT2D eigenvalue weighted by atomic mass is 10.2. The normalized spacial score (nSPS) is 10.7. The molecule has 0 bridgehead atoms. The number of anilines is 1. The van der Waals surface area contributed by atoms with Gasteiger partial charge in [-0.2, -0.15) is 4.98 Å². The predicted octanol–water partition coefficient (Wildman–Crippen LogP) is 2.99. The van der Waals surface area contributed by atoms with E-state index in [9.17, 15) is 4.79 Å². The van der Waals surface area contributed by atoms with Gasteiger partial charge in [0.1, 0.15) is 22.7 Å². The molecule has 2 heterocycles. The summed E-state index contributed by atoms with van der Waals surface area (Å²) in [6.07, 6.45) is 0.635. The van der Waals surface area contributed by atoms with Gasteiger partial charge in [-0.1, -0.05) is 12.1 Å². The molecule has 0 spiro atoms. The molecule has 28 heavy (non-hydrogen) atoms. The van der Waals surface area contributed by atoms with Gasteiger partial charge in [-0.15, -0.1) is 0 Å². The number of carbonyl (C=O) groups excluding carboxylic acids is 1. The van der Waals surface area contributed by atoms with E-state index in [2.05, 4.69) is 20.4 Å². The van der Waals surface area contributed by atoms with Crippen LogP contribution >= 0.6 is 0 Å². The average molecular weight is 386 g/mol. The number of rotatable bonds is 8. The first-order valence-electron chi connectivity index (χ1n) is 8.89. The van der Waals surface area contributed by atoms with Gasteiger partial charge in [-0.25, -0.2) is 9.78 Å². The molecule has 148 valence electrons. The summed E-state index contributed by atoms with van der Waals surface area (Å²) in [7, 11) is 3.19. The van der Waals surface area contributed by atoms with E-state index >= 15 is 0 Å². The summed E-state index contributed by atoms with van der Waals surface area (Å²) in [5.74, 6) is 1.11. The number of nitrogens with zero attached hydrogens (tertiary/aromatic N) is 3. The quantitative estimate of drug-likeness (QED) is 0.584. The molecule has 3 rings (SSSR count). The number of fused-ring (bicyclic) bond motifs is 1. The van der Waals surface area contributed by atoms with Crippen LogP contribution in [0.4, 0.5) is 5.82 Å². The number of benzene rings is 1. The molecule has 2 aromatic heterocycles. The van der Waals surface area contributed by atoms with Crippen molar-refractivity contribution in [3.05, 3.63) is 35.3 Å². The van der Waals surface area contributed by atoms with Crippen LogP contribution in [-0.4, -0.2) is 41.9 Å². The first-order chi connectivity index (χ1) is 13.6. The number of hydrogen-bond acceptors (Lipinski definition) is 9. The third-order valence-corrected chi connectivity index (χ3v) is 4.14. The van der Waals surface area contributed by atoms with Crippen molar-refractivity contribution >= 4 is 22.9 Å². The monoisotopic (exact) mass is 386 g/mol. The third kappa shape index (κ3) is 3.83. The minimum absolute atomic E-state index is 0.0858. The maximum absolute atomic E-state index is 12.1. The molecular formula is C19H22N4O5. The van der Waals surface area contributed by atoms with Crippen molar-refractivity contribution in [3.63, 3.8) is 0 Å². The molecule has 0 fully saturated rings. The second kappa shape index (κ2) is 8.55. The molecule has 0 amide bonds. The van der Waals surface area contributed by atoms with Crippen molar-refractivity contribution in [2.75, 3.05) is 26.1 Å². The average Bonchev–Trinajstić information content (AvgIpc) is 3.15. The van der Waals surface area contributed by atoms with Gasteiger partial charge in [-0.3, -0.25) is 0 Å². The smallest absolute Gasteiger partial charge is 0.376 e. The van der Waals surface area contributed by atoms with Gasteiger partial charge in [0.15, 0.2) is 0 Å². The molecule has 0 unspecified atom stereocenters. The summed E-state index contributed by atoms with van der Waals surface area (Å²) >= 11 is 0. The number of carbonyl (C=O) groups is 1. The highest BCUT2D eigenvalue weighted by Crippen LogP contribution is 2.28.